The van der Waals surface area contributed by atoms with E-state index in [2.05, 4.69) is 25.9 Å². The zero-order chi connectivity index (χ0) is 13.7. The summed E-state index contributed by atoms with van der Waals surface area (Å²) < 4.78 is 0. The lowest BCUT2D eigenvalue weighted by Crippen LogP contribution is -2.26. The van der Waals surface area contributed by atoms with E-state index in [0.29, 0.717) is 24.4 Å². The summed E-state index contributed by atoms with van der Waals surface area (Å²) in [6, 6.07) is 7.43. The van der Waals surface area contributed by atoms with Crippen molar-refractivity contribution >= 4 is 11.6 Å². The van der Waals surface area contributed by atoms with E-state index in [1.807, 2.05) is 31.1 Å². The molecule has 0 aliphatic heterocycles. The summed E-state index contributed by atoms with van der Waals surface area (Å²) in [5, 5.41) is 16.3. The largest absolute Gasteiger partial charge is 0.378 e. The molecule has 1 amide bonds. The summed E-state index contributed by atoms with van der Waals surface area (Å²) in [6.45, 7) is 0.480. The van der Waals surface area contributed by atoms with Crippen LogP contribution in [0.3, 0.4) is 0 Å². The van der Waals surface area contributed by atoms with Gasteiger partial charge in [0.15, 0.2) is 5.82 Å². The third kappa shape index (κ3) is 3.51. The van der Waals surface area contributed by atoms with Crippen molar-refractivity contribution in [3.8, 4) is 0 Å². The fourth-order valence-corrected chi connectivity index (χ4v) is 1.59. The number of H-pyrrole nitrogens is 1. The van der Waals surface area contributed by atoms with Gasteiger partial charge >= 0.3 is 0 Å². The normalized spacial score (nSPS) is 10.2. The first-order valence-corrected chi connectivity index (χ1v) is 5.95. The number of carbonyl (C=O) groups excluding carboxylic acids is 1. The fourth-order valence-electron chi connectivity index (χ4n) is 1.59. The molecular weight excluding hydrogens is 244 g/mol. The predicted octanol–water partition coefficient (Wildman–Crippen LogP) is 0.238. The molecule has 0 aliphatic carbocycles. The molecule has 0 radical (unpaired) electrons. The van der Waals surface area contributed by atoms with E-state index in [-0.39, 0.29) is 5.91 Å². The zero-order valence-corrected chi connectivity index (χ0v) is 10.9. The molecule has 7 nitrogen and oxygen atoms in total. The minimum absolute atomic E-state index is 0.103. The number of aromatic nitrogens is 4. The summed E-state index contributed by atoms with van der Waals surface area (Å²) in [5.41, 5.74) is 1.70. The van der Waals surface area contributed by atoms with Crippen LogP contribution in [0.4, 0.5) is 5.69 Å². The van der Waals surface area contributed by atoms with E-state index in [1.165, 1.54) is 0 Å². The summed E-state index contributed by atoms with van der Waals surface area (Å²) in [5.74, 6) is 0.483. The Hall–Kier alpha value is -2.44. The lowest BCUT2D eigenvalue weighted by atomic mass is 10.2. The van der Waals surface area contributed by atoms with Crippen LogP contribution in [0.5, 0.6) is 0 Å². The number of tetrazole rings is 1. The molecule has 1 heterocycles. The smallest absolute Gasteiger partial charge is 0.251 e. The molecule has 0 unspecified atom stereocenters. The maximum atomic E-state index is 11.9. The van der Waals surface area contributed by atoms with Crippen LogP contribution in [0.25, 0.3) is 0 Å². The number of anilines is 1. The number of amides is 1. The summed E-state index contributed by atoms with van der Waals surface area (Å²) in [4.78, 5) is 13.8. The fraction of sp³-hybridized carbons (Fsp3) is 0.333. The monoisotopic (exact) mass is 260 g/mol. The van der Waals surface area contributed by atoms with E-state index < -0.39 is 0 Å². The number of hydrogen-bond acceptors (Lipinski definition) is 5. The van der Waals surface area contributed by atoms with Gasteiger partial charge in [0.1, 0.15) is 0 Å². The van der Waals surface area contributed by atoms with Gasteiger partial charge in [-0.2, -0.15) is 5.21 Å². The van der Waals surface area contributed by atoms with Crippen molar-refractivity contribution in [2.75, 3.05) is 25.5 Å². The zero-order valence-electron chi connectivity index (χ0n) is 10.9. The van der Waals surface area contributed by atoms with Gasteiger partial charge in [-0.25, -0.2) is 0 Å². The number of carbonyl (C=O) groups is 1. The Labute approximate surface area is 111 Å². The Morgan fingerprint density at radius 2 is 2.05 bits per heavy atom. The van der Waals surface area contributed by atoms with Crippen molar-refractivity contribution in [3.05, 3.63) is 35.7 Å². The van der Waals surface area contributed by atoms with Crippen LogP contribution >= 0.6 is 0 Å². The van der Waals surface area contributed by atoms with Crippen LogP contribution in [-0.4, -0.2) is 47.2 Å². The van der Waals surface area contributed by atoms with E-state index >= 15 is 0 Å². The van der Waals surface area contributed by atoms with Gasteiger partial charge in [0.05, 0.1) is 0 Å². The van der Waals surface area contributed by atoms with Crippen LogP contribution in [0, 0.1) is 0 Å². The second kappa shape index (κ2) is 5.94. The Morgan fingerprint density at radius 1 is 1.32 bits per heavy atom. The molecule has 2 aromatic rings. The summed E-state index contributed by atoms with van der Waals surface area (Å²) in [7, 11) is 3.92. The summed E-state index contributed by atoms with van der Waals surface area (Å²) >= 11 is 0. The first-order chi connectivity index (χ1) is 9.16. The maximum absolute atomic E-state index is 11.9. The average molecular weight is 260 g/mol. The molecule has 2 N–H and O–H groups in total. The molecule has 19 heavy (non-hydrogen) atoms. The van der Waals surface area contributed by atoms with Crippen LogP contribution in [0.1, 0.15) is 16.2 Å². The van der Waals surface area contributed by atoms with Crippen molar-refractivity contribution in [2.24, 2.45) is 0 Å². The first kappa shape index (κ1) is 13.0. The molecule has 0 saturated carbocycles. The molecule has 0 aliphatic rings. The van der Waals surface area contributed by atoms with E-state index in [1.54, 1.807) is 12.1 Å². The highest BCUT2D eigenvalue weighted by molar-refractivity contribution is 5.94. The molecule has 7 heteroatoms. The van der Waals surface area contributed by atoms with Crippen molar-refractivity contribution in [1.29, 1.82) is 0 Å². The molecule has 2 rings (SSSR count). The Bertz CT molecular complexity index is 520. The van der Waals surface area contributed by atoms with Crippen LogP contribution in [0.15, 0.2) is 24.3 Å². The van der Waals surface area contributed by atoms with Gasteiger partial charge in [-0.15, -0.1) is 10.2 Å². The molecular formula is C12H16N6O. The first-order valence-electron chi connectivity index (χ1n) is 5.95. The van der Waals surface area contributed by atoms with Gasteiger partial charge in [0, 0.05) is 38.3 Å². The Morgan fingerprint density at radius 3 is 2.63 bits per heavy atom. The van der Waals surface area contributed by atoms with E-state index in [0.717, 1.165) is 5.69 Å². The van der Waals surface area contributed by atoms with Crippen molar-refractivity contribution in [3.63, 3.8) is 0 Å². The van der Waals surface area contributed by atoms with Gasteiger partial charge in [-0.1, -0.05) is 5.21 Å². The number of rotatable bonds is 5. The second-order valence-corrected chi connectivity index (χ2v) is 4.28. The number of hydrogen-bond donors (Lipinski definition) is 2. The average Bonchev–Trinajstić information content (AvgIpc) is 2.92. The Kier molecular flexibility index (Phi) is 4.07. The molecule has 0 saturated heterocycles. The number of aromatic amines is 1. The molecule has 100 valence electrons. The van der Waals surface area contributed by atoms with E-state index in [9.17, 15) is 4.79 Å². The lowest BCUT2D eigenvalue weighted by Gasteiger charge is -2.12. The number of nitrogens with zero attached hydrogens (tertiary/aromatic N) is 4. The standard InChI is InChI=1S/C12H16N6O/c1-18(2)10-5-3-9(4-6-10)12(19)13-8-7-11-14-16-17-15-11/h3-6H,7-8H2,1-2H3,(H,13,19)(H,14,15,16,17). The molecule has 1 aromatic heterocycles. The van der Waals surface area contributed by atoms with E-state index in [4.69, 9.17) is 0 Å². The molecule has 0 fully saturated rings. The lowest BCUT2D eigenvalue weighted by molar-refractivity contribution is 0.0954. The second-order valence-electron chi connectivity index (χ2n) is 4.28. The van der Waals surface area contributed by atoms with Crippen LogP contribution < -0.4 is 10.2 Å². The van der Waals surface area contributed by atoms with Crippen molar-refractivity contribution in [2.45, 2.75) is 6.42 Å². The third-order valence-electron chi connectivity index (χ3n) is 2.67. The predicted molar refractivity (Wildman–Crippen MR) is 71.0 cm³/mol. The highest BCUT2D eigenvalue weighted by Crippen LogP contribution is 2.11. The number of nitrogens with one attached hydrogen (secondary N) is 2. The topological polar surface area (TPSA) is 86.8 Å². The maximum Gasteiger partial charge on any atom is 0.251 e. The van der Waals surface area contributed by atoms with Gasteiger partial charge in [0.25, 0.3) is 5.91 Å². The quantitative estimate of drug-likeness (QED) is 0.804. The molecule has 1 aromatic carbocycles. The van der Waals surface area contributed by atoms with Gasteiger partial charge in [-0.3, -0.25) is 4.79 Å². The summed E-state index contributed by atoms with van der Waals surface area (Å²) in [6.07, 6.45) is 0.554. The van der Waals surface area contributed by atoms with Gasteiger partial charge in [-0.05, 0) is 24.3 Å². The SMILES string of the molecule is CN(C)c1ccc(C(=O)NCCc2nn[nH]n2)cc1. The van der Waals surface area contributed by atoms with Crippen molar-refractivity contribution < 1.29 is 4.79 Å². The van der Waals surface area contributed by atoms with Crippen LogP contribution in [0.2, 0.25) is 0 Å². The molecule has 0 atom stereocenters. The Balaban J connectivity index is 1.85. The molecule has 0 spiro atoms. The highest BCUT2D eigenvalue weighted by Gasteiger charge is 2.06. The molecule has 0 bridgehead atoms. The van der Waals surface area contributed by atoms with Crippen molar-refractivity contribution in [1.82, 2.24) is 25.9 Å². The third-order valence-corrected chi connectivity index (χ3v) is 2.67. The van der Waals surface area contributed by atoms with Gasteiger partial charge in [0.2, 0.25) is 0 Å². The number of benzene rings is 1. The minimum atomic E-state index is -0.103. The minimum Gasteiger partial charge on any atom is -0.378 e. The van der Waals surface area contributed by atoms with Crippen LogP contribution in [-0.2, 0) is 6.42 Å². The highest BCUT2D eigenvalue weighted by atomic mass is 16.1. The van der Waals surface area contributed by atoms with Gasteiger partial charge < -0.3 is 10.2 Å².